The smallest absolute Gasteiger partial charge is 0.320 e. The molecule has 0 atom stereocenters. The summed E-state index contributed by atoms with van der Waals surface area (Å²) < 4.78 is 18.7. The minimum atomic E-state index is -0.422. The molecule has 1 aromatic rings. The molecule has 0 amide bonds. The van der Waals surface area contributed by atoms with Crippen LogP contribution in [0.3, 0.4) is 0 Å². The molecule has 0 aliphatic rings. The molecule has 108 valence electrons. The Morgan fingerprint density at radius 3 is 2.75 bits per heavy atom. The third-order valence-electron chi connectivity index (χ3n) is 2.77. The number of ether oxygens (including phenoxy) is 1. The van der Waals surface area contributed by atoms with Gasteiger partial charge in [-0.3, -0.25) is 9.69 Å². The van der Waals surface area contributed by atoms with Crippen molar-refractivity contribution < 1.29 is 13.9 Å². The van der Waals surface area contributed by atoms with Crippen molar-refractivity contribution in [1.82, 2.24) is 4.90 Å². The zero-order valence-electron chi connectivity index (χ0n) is 11.9. The van der Waals surface area contributed by atoms with Crippen molar-refractivity contribution in [3.63, 3.8) is 0 Å². The van der Waals surface area contributed by atoms with E-state index in [1.807, 2.05) is 17.9 Å². The third-order valence-corrected chi connectivity index (χ3v) is 2.77. The Morgan fingerprint density at radius 1 is 1.45 bits per heavy atom. The lowest BCUT2D eigenvalue weighted by molar-refractivity contribution is -0.144. The van der Waals surface area contributed by atoms with E-state index < -0.39 is 5.82 Å². The van der Waals surface area contributed by atoms with Gasteiger partial charge in [0.25, 0.3) is 0 Å². The molecule has 1 aromatic carbocycles. The molecule has 0 saturated heterocycles. The summed E-state index contributed by atoms with van der Waals surface area (Å²) in [5.41, 5.74) is 0.764. The molecule has 0 heterocycles. The van der Waals surface area contributed by atoms with E-state index in [2.05, 4.69) is 0 Å². The Morgan fingerprint density at radius 2 is 2.20 bits per heavy atom. The van der Waals surface area contributed by atoms with E-state index in [0.29, 0.717) is 30.8 Å². The summed E-state index contributed by atoms with van der Waals surface area (Å²) in [6, 6.07) is 6.27. The van der Waals surface area contributed by atoms with E-state index in [1.54, 1.807) is 19.1 Å². The van der Waals surface area contributed by atoms with Crippen molar-refractivity contribution in [2.45, 2.75) is 26.8 Å². The molecule has 1 rings (SSSR count). The van der Waals surface area contributed by atoms with Crippen LogP contribution in [0.1, 0.15) is 31.4 Å². The number of rotatable bonds is 7. The number of nitriles is 1. The second-order valence-electron chi connectivity index (χ2n) is 4.43. The molecule has 0 aromatic heterocycles. The van der Waals surface area contributed by atoms with Crippen LogP contribution in [0, 0.1) is 17.1 Å². The van der Waals surface area contributed by atoms with Gasteiger partial charge >= 0.3 is 5.97 Å². The van der Waals surface area contributed by atoms with Crippen LogP contribution in [0.25, 0.3) is 0 Å². The average molecular weight is 278 g/mol. The lowest BCUT2D eigenvalue weighted by Crippen LogP contribution is -2.31. The molecule has 4 nitrogen and oxygen atoms in total. The Bertz CT molecular complexity index is 497. The van der Waals surface area contributed by atoms with E-state index in [1.165, 1.54) is 6.07 Å². The molecular formula is C15H19FN2O2. The lowest BCUT2D eigenvalue weighted by atomic mass is 10.1. The molecule has 0 radical (unpaired) electrons. The van der Waals surface area contributed by atoms with Gasteiger partial charge in [0.2, 0.25) is 0 Å². The first-order valence-electron chi connectivity index (χ1n) is 6.67. The topological polar surface area (TPSA) is 53.3 Å². The molecular weight excluding hydrogens is 259 g/mol. The van der Waals surface area contributed by atoms with E-state index >= 15 is 0 Å². The number of hydrogen-bond acceptors (Lipinski definition) is 4. The van der Waals surface area contributed by atoms with E-state index in [-0.39, 0.29) is 12.5 Å². The maximum absolute atomic E-state index is 13.8. The third kappa shape index (κ3) is 4.98. The zero-order chi connectivity index (χ0) is 15.0. The van der Waals surface area contributed by atoms with Crippen LogP contribution in [0.2, 0.25) is 0 Å². The van der Waals surface area contributed by atoms with Crippen molar-refractivity contribution in [3.8, 4) is 6.07 Å². The van der Waals surface area contributed by atoms with Crippen LogP contribution in [-0.2, 0) is 16.1 Å². The Balaban J connectivity index is 2.75. The molecule has 0 bridgehead atoms. The maximum Gasteiger partial charge on any atom is 0.320 e. The van der Waals surface area contributed by atoms with Crippen LogP contribution in [0.15, 0.2) is 18.2 Å². The number of halogens is 1. The van der Waals surface area contributed by atoms with Crippen molar-refractivity contribution in [3.05, 3.63) is 35.1 Å². The predicted octanol–water partition coefficient (Wildman–Crippen LogP) is 2.47. The summed E-state index contributed by atoms with van der Waals surface area (Å²) in [6.07, 6.45) is 0.858. The van der Waals surface area contributed by atoms with Crippen LogP contribution in [0.4, 0.5) is 4.39 Å². The number of hydrogen-bond donors (Lipinski definition) is 0. The quantitative estimate of drug-likeness (QED) is 0.719. The average Bonchev–Trinajstić information content (AvgIpc) is 2.41. The number of nitrogens with zero attached hydrogens (tertiary/aromatic N) is 2. The van der Waals surface area contributed by atoms with Gasteiger partial charge in [0.15, 0.2) is 0 Å². The van der Waals surface area contributed by atoms with Gasteiger partial charge in [-0.1, -0.05) is 13.0 Å². The van der Waals surface area contributed by atoms with Crippen LogP contribution in [-0.4, -0.2) is 30.6 Å². The maximum atomic E-state index is 13.8. The van der Waals surface area contributed by atoms with Gasteiger partial charge in [-0.05, 0) is 32.0 Å². The number of carbonyl (C=O) groups excluding carboxylic acids is 1. The number of benzene rings is 1. The van der Waals surface area contributed by atoms with E-state index in [4.69, 9.17) is 10.00 Å². The first-order chi connectivity index (χ1) is 9.60. The molecule has 0 fully saturated rings. The van der Waals surface area contributed by atoms with Crippen molar-refractivity contribution in [2.75, 3.05) is 19.7 Å². The second-order valence-corrected chi connectivity index (χ2v) is 4.43. The Hall–Kier alpha value is -1.93. The molecule has 0 spiro atoms. The fraction of sp³-hybridized carbons (Fsp3) is 0.467. The first kappa shape index (κ1) is 16.1. The Labute approximate surface area is 118 Å². The number of esters is 1. The fourth-order valence-electron chi connectivity index (χ4n) is 1.91. The highest BCUT2D eigenvalue weighted by Gasteiger charge is 2.13. The minimum absolute atomic E-state index is 0.140. The molecule has 5 heteroatoms. The summed E-state index contributed by atoms with van der Waals surface area (Å²) in [5, 5.41) is 8.71. The van der Waals surface area contributed by atoms with Gasteiger partial charge < -0.3 is 4.74 Å². The van der Waals surface area contributed by atoms with Gasteiger partial charge in [0.1, 0.15) is 5.82 Å². The van der Waals surface area contributed by atoms with Crippen molar-refractivity contribution in [1.29, 1.82) is 5.26 Å². The molecule has 20 heavy (non-hydrogen) atoms. The highest BCUT2D eigenvalue weighted by atomic mass is 19.1. The highest BCUT2D eigenvalue weighted by molar-refractivity contribution is 5.71. The summed E-state index contributed by atoms with van der Waals surface area (Å²) >= 11 is 0. The number of carbonyl (C=O) groups is 1. The Kier molecular flexibility index (Phi) is 6.68. The van der Waals surface area contributed by atoms with Crippen molar-refractivity contribution in [2.24, 2.45) is 0 Å². The normalized spacial score (nSPS) is 10.3. The first-order valence-corrected chi connectivity index (χ1v) is 6.67. The summed E-state index contributed by atoms with van der Waals surface area (Å²) in [7, 11) is 0. The van der Waals surface area contributed by atoms with E-state index in [0.717, 1.165) is 6.42 Å². The predicted molar refractivity (Wildman–Crippen MR) is 73.3 cm³/mol. The fourth-order valence-corrected chi connectivity index (χ4v) is 1.91. The highest BCUT2D eigenvalue weighted by Crippen LogP contribution is 2.13. The van der Waals surface area contributed by atoms with Gasteiger partial charge in [-0.2, -0.15) is 5.26 Å². The van der Waals surface area contributed by atoms with Gasteiger partial charge in [-0.25, -0.2) is 4.39 Å². The summed E-state index contributed by atoms with van der Waals surface area (Å²) in [6.45, 7) is 5.23. The standard InChI is InChI=1S/C15H19FN2O2/c1-3-7-18(11-15(19)20-4-2)10-13-6-5-12(9-17)8-14(13)16/h5-6,8H,3-4,7,10-11H2,1-2H3. The molecule has 0 aliphatic carbocycles. The zero-order valence-corrected chi connectivity index (χ0v) is 11.9. The molecule has 0 aliphatic heterocycles. The molecule has 0 saturated carbocycles. The molecule has 0 N–H and O–H groups in total. The lowest BCUT2D eigenvalue weighted by Gasteiger charge is -2.20. The second kappa shape index (κ2) is 8.28. The monoisotopic (exact) mass is 278 g/mol. The minimum Gasteiger partial charge on any atom is -0.465 e. The van der Waals surface area contributed by atoms with Gasteiger partial charge in [0.05, 0.1) is 24.8 Å². The van der Waals surface area contributed by atoms with Crippen LogP contribution >= 0.6 is 0 Å². The SMILES string of the molecule is CCCN(CC(=O)OCC)Cc1ccc(C#N)cc1F. The van der Waals surface area contributed by atoms with Gasteiger partial charge in [0, 0.05) is 12.1 Å². The summed E-state index contributed by atoms with van der Waals surface area (Å²) in [5.74, 6) is -0.732. The van der Waals surface area contributed by atoms with E-state index in [9.17, 15) is 9.18 Å². The van der Waals surface area contributed by atoms with Crippen LogP contribution in [0.5, 0.6) is 0 Å². The van der Waals surface area contributed by atoms with Crippen LogP contribution < -0.4 is 0 Å². The van der Waals surface area contributed by atoms with Gasteiger partial charge in [-0.15, -0.1) is 0 Å². The summed E-state index contributed by atoms with van der Waals surface area (Å²) in [4.78, 5) is 13.3. The largest absolute Gasteiger partial charge is 0.465 e. The van der Waals surface area contributed by atoms with Crippen molar-refractivity contribution >= 4 is 5.97 Å². The molecule has 0 unspecified atom stereocenters.